The number of aliphatic hydroxyl groups is 1. The Hall–Kier alpha value is -4.43. The van der Waals surface area contributed by atoms with Crippen LogP contribution in [0.2, 0.25) is 0 Å². The maximum atomic E-state index is 12.3. The van der Waals surface area contributed by atoms with E-state index >= 15 is 0 Å². The first-order valence-electron chi connectivity index (χ1n) is 10.8. The van der Waals surface area contributed by atoms with Gasteiger partial charge in [0.2, 0.25) is 12.4 Å². The molecule has 14 nitrogen and oxygen atoms in total. The van der Waals surface area contributed by atoms with Gasteiger partial charge in [0.25, 0.3) is 11.5 Å². The van der Waals surface area contributed by atoms with E-state index in [1.165, 1.54) is 6.20 Å². The molecule has 0 aliphatic rings. The number of aliphatic hydroxyl groups excluding tert-OH is 1. The van der Waals surface area contributed by atoms with Crippen LogP contribution in [-0.4, -0.2) is 63.3 Å². The molecule has 1 atom stereocenters. The second-order valence-corrected chi connectivity index (χ2v) is 7.05. The van der Waals surface area contributed by atoms with Crippen molar-refractivity contribution in [2.45, 2.75) is 31.8 Å². The molecule has 3 aromatic rings. The first-order chi connectivity index (χ1) is 17.4. The molecular weight excluding hydrogens is 470 g/mol. The molecule has 0 saturated carbocycles. The van der Waals surface area contributed by atoms with E-state index in [0.29, 0.717) is 30.8 Å². The van der Waals surface area contributed by atoms with E-state index in [1.54, 1.807) is 24.3 Å². The van der Waals surface area contributed by atoms with Gasteiger partial charge >= 0.3 is 0 Å². The molecule has 0 aliphatic carbocycles. The highest BCUT2D eigenvalue weighted by molar-refractivity contribution is 5.95. The van der Waals surface area contributed by atoms with Crippen LogP contribution in [-0.2, 0) is 16.1 Å². The molecule has 10 N–H and O–H groups in total. The van der Waals surface area contributed by atoms with Crippen molar-refractivity contribution in [3.63, 3.8) is 0 Å². The zero-order valence-electron chi connectivity index (χ0n) is 19.8. The number of benzene rings is 1. The first kappa shape index (κ1) is 29.6. The standard InChI is InChI=1S/C20H24N8O3.CH3NO.CH4O/c21-8-2-1-3-14(11-29)26-18(30)12-4-6-13(7-5-12)23-9-15-10-24-17-16(25-15)19(31)28-20(22)27-17;2-1-3;1-2/h4-7,10-11,14,23H,1-3,8-9,21H2,(H,26,30)(H3,22,24,27,28,31);1H,(H2,2,3);2H,1H3. The summed E-state index contributed by atoms with van der Waals surface area (Å²) in [4.78, 5) is 58.7. The predicted molar refractivity (Wildman–Crippen MR) is 135 cm³/mol. The first-order valence-corrected chi connectivity index (χ1v) is 10.8. The number of primary amides is 1. The van der Waals surface area contributed by atoms with Crippen molar-refractivity contribution in [1.29, 1.82) is 0 Å². The lowest BCUT2D eigenvalue weighted by atomic mass is 10.1. The molecule has 2 amide bonds. The van der Waals surface area contributed by atoms with Crippen molar-refractivity contribution < 1.29 is 19.5 Å². The Bertz CT molecular complexity index is 1170. The van der Waals surface area contributed by atoms with Gasteiger partial charge in [0.1, 0.15) is 6.29 Å². The number of nitrogens with zero attached hydrogens (tertiary/aromatic N) is 3. The fraction of sp³-hybridized carbons (Fsp3) is 0.318. The molecule has 3 rings (SSSR count). The van der Waals surface area contributed by atoms with E-state index in [0.717, 1.165) is 31.9 Å². The van der Waals surface area contributed by atoms with Gasteiger partial charge < -0.3 is 37.7 Å². The Morgan fingerprint density at radius 3 is 2.44 bits per heavy atom. The van der Waals surface area contributed by atoms with E-state index in [2.05, 4.69) is 36.3 Å². The van der Waals surface area contributed by atoms with Crippen molar-refractivity contribution in [2.24, 2.45) is 11.5 Å². The largest absolute Gasteiger partial charge is 0.400 e. The molecule has 36 heavy (non-hydrogen) atoms. The number of rotatable bonds is 10. The molecule has 1 aromatic carbocycles. The monoisotopic (exact) mass is 501 g/mol. The zero-order valence-corrected chi connectivity index (χ0v) is 19.8. The van der Waals surface area contributed by atoms with E-state index < -0.39 is 11.6 Å². The highest BCUT2D eigenvalue weighted by atomic mass is 16.2. The number of carbonyl (C=O) groups excluding carboxylic acids is 3. The third-order valence-corrected chi connectivity index (χ3v) is 4.56. The number of aldehydes is 1. The van der Waals surface area contributed by atoms with Crippen LogP contribution in [0.4, 0.5) is 11.6 Å². The normalized spacial score (nSPS) is 10.6. The molecule has 1 unspecified atom stereocenters. The van der Waals surface area contributed by atoms with E-state index in [-0.39, 0.29) is 29.4 Å². The molecule has 0 saturated heterocycles. The Labute approximate surface area is 206 Å². The summed E-state index contributed by atoms with van der Waals surface area (Å²) in [6.45, 7) is 0.868. The number of carbonyl (C=O) groups is 3. The van der Waals surface area contributed by atoms with Crippen LogP contribution in [0.1, 0.15) is 35.3 Å². The third-order valence-electron chi connectivity index (χ3n) is 4.56. The number of fused-ring (bicyclic) bond motifs is 1. The van der Waals surface area contributed by atoms with E-state index in [9.17, 15) is 14.4 Å². The lowest BCUT2D eigenvalue weighted by molar-refractivity contribution is -0.109. The molecule has 194 valence electrons. The smallest absolute Gasteiger partial charge is 0.280 e. The van der Waals surface area contributed by atoms with Crippen LogP contribution in [0.25, 0.3) is 11.2 Å². The van der Waals surface area contributed by atoms with Gasteiger partial charge in [0.15, 0.2) is 11.2 Å². The summed E-state index contributed by atoms with van der Waals surface area (Å²) >= 11 is 0. The van der Waals surface area contributed by atoms with Crippen molar-refractivity contribution in [2.75, 3.05) is 24.7 Å². The van der Waals surface area contributed by atoms with Gasteiger partial charge in [0, 0.05) is 18.4 Å². The topological polar surface area (TPSA) is 245 Å². The lowest BCUT2D eigenvalue weighted by Crippen LogP contribution is -2.36. The minimum absolute atomic E-state index is 0.0168. The number of anilines is 2. The number of nitrogen functional groups attached to an aromatic ring is 1. The zero-order chi connectivity index (χ0) is 26.9. The SMILES string of the molecule is CO.NC=O.NCCCCC(C=O)NC(=O)c1ccc(NCc2cnc3nc(N)[nH]c(=O)c3n2)cc1. The molecule has 0 aliphatic heterocycles. The number of amides is 2. The average Bonchev–Trinajstić information content (AvgIpc) is 2.89. The molecule has 2 aromatic heterocycles. The summed E-state index contributed by atoms with van der Waals surface area (Å²) in [6, 6.07) is 6.26. The highest BCUT2D eigenvalue weighted by Crippen LogP contribution is 2.12. The van der Waals surface area contributed by atoms with Crippen LogP contribution < -0.4 is 33.4 Å². The average molecular weight is 502 g/mol. The van der Waals surface area contributed by atoms with Crippen molar-refractivity contribution in [3.05, 3.63) is 52.1 Å². The number of aromatic amines is 1. The van der Waals surface area contributed by atoms with Crippen LogP contribution in [0.15, 0.2) is 35.3 Å². The second-order valence-electron chi connectivity index (χ2n) is 7.05. The molecule has 14 heteroatoms. The molecular formula is C22H31N9O5. The molecule has 2 heterocycles. The molecule has 0 fully saturated rings. The van der Waals surface area contributed by atoms with Crippen molar-refractivity contribution in [3.8, 4) is 0 Å². The number of nitrogens with one attached hydrogen (secondary N) is 3. The Morgan fingerprint density at radius 2 is 1.83 bits per heavy atom. The van der Waals surface area contributed by atoms with Gasteiger partial charge in [-0.25, -0.2) is 9.97 Å². The van der Waals surface area contributed by atoms with Crippen LogP contribution >= 0.6 is 0 Å². The molecule has 0 spiro atoms. The van der Waals surface area contributed by atoms with Crippen LogP contribution in [0, 0.1) is 0 Å². The fourth-order valence-electron chi connectivity index (χ4n) is 2.92. The highest BCUT2D eigenvalue weighted by Gasteiger charge is 2.13. The summed E-state index contributed by atoms with van der Waals surface area (Å²) in [5.41, 5.74) is 16.7. The number of aromatic nitrogens is 4. The molecule has 0 bridgehead atoms. The summed E-state index contributed by atoms with van der Waals surface area (Å²) in [6.07, 6.45) is 4.64. The van der Waals surface area contributed by atoms with Crippen LogP contribution in [0.3, 0.4) is 0 Å². The van der Waals surface area contributed by atoms with Gasteiger partial charge in [-0.3, -0.25) is 19.4 Å². The summed E-state index contributed by atoms with van der Waals surface area (Å²) in [7, 11) is 1.00. The number of hydrogen-bond donors (Lipinski definition) is 7. The quantitative estimate of drug-likeness (QED) is 0.132. The van der Waals surface area contributed by atoms with Crippen LogP contribution in [0.5, 0.6) is 0 Å². The minimum Gasteiger partial charge on any atom is -0.400 e. The lowest BCUT2D eigenvalue weighted by Gasteiger charge is -2.13. The second kappa shape index (κ2) is 16.2. The summed E-state index contributed by atoms with van der Waals surface area (Å²) in [5, 5.41) is 12.9. The van der Waals surface area contributed by atoms with Gasteiger partial charge in [-0.2, -0.15) is 4.98 Å². The summed E-state index contributed by atoms with van der Waals surface area (Å²) in [5.74, 6) is -0.334. The maximum absolute atomic E-state index is 12.3. The van der Waals surface area contributed by atoms with Gasteiger partial charge in [0.05, 0.1) is 24.5 Å². The maximum Gasteiger partial charge on any atom is 0.280 e. The van der Waals surface area contributed by atoms with E-state index in [4.69, 9.17) is 21.4 Å². The van der Waals surface area contributed by atoms with E-state index in [1.807, 2.05) is 0 Å². The van der Waals surface area contributed by atoms with Gasteiger partial charge in [-0.1, -0.05) is 0 Å². The number of unbranched alkanes of at least 4 members (excludes halogenated alkanes) is 1. The number of hydrogen-bond acceptors (Lipinski definition) is 11. The Balaban J connectivity index is 0.00000120. The summed E-state index contributed by atoms with van der Waals surface area (Å²) < 4.78 is 0. The number of nitrogens with two attached hydrogens (primary N) is 3. The number of H-pyrrole nitrogens is 1. The Kier molecular flexibility index (Phi) is 13.4. The fourth-order valence-corrected chi connectivity index (χ4v) is 2.92. The predicted octanol–water partition coefficient (Wildman–Crippen LogP) is -0.956. The minimum atomic E-state index is -0.531. The Morgan fingerprint density at radius 1 is 1.17 bits per heavy atom. The third kappa shape index (κ3) is 9.44. The van der Waals surface area contributed by atoms with Gasteiger partial charge in [-0.05, 0) is 50.1 Å². The van der Waals surface area contributed by atoms with Gasteiger partial charge in [-0.15, -0.1) is 0 Å². The van der Waals surface area contributed by atoms with Crippen molar-refractivity contribution in [1.82, 2.24) is 25.3 Å². The molecule has 0 radical (unpaired) electrons. The van der Waals surface area contributed by atoms with Crippen molar-refractivity contribution >= 4 is 41.4 Å².